The van der Waals surface area contributed by atoms with Crippen LogP contribution in [-0.2, 0) is 13.6 Å². The summed E-state index contributed by atoms with van der Waals surface area (Å²) < 4.78 is 7.75. The zero-order valence-electron chi connectivity index (χ0n) is 21.4. The van der Waals surface area contributed by atoms with Crippen LogP contribution in [0.3, 0.4) is 0 Å². The molecular formula is C27H33ClN6O3. The molecule has 196 valence electrons. The summed E-state index contributed by atoms with van der Waals surface area (Å²) in [7, 11) is 1.92. The fourth-order valence-electron chi connectivity index (χ4n) is 4.75. The van der Waals surface area contributed by atoms with Crippen molar-refractivity contribution in [1.29, 1.82) is 5.41 Å². The van der Waals surface area contributed by atoms with E-state index in [1.807, 2.05) is 55.8 Å². The Labute approximate surface area is 221 Å². The number of imidazole rings is 1. The van der Waals surface area contributed by atoms with Crippen LogP contribution in [0.25, 0.3) is 11.0 Å². The Morgan fingerprint density at radius 3 is 2.76 bits per heavy atom. The minimum atomic E-state index is -0.430. The molecule has 1 aliphatic rings. The average Bonchev–Trinajstić information content (AvgIpc) is 3.42. The van der Waals surface area contributed by atoms with E-state index in [9.17, 15) is 9.59 Å². The highest BCUT2D eigenvalue weighted by atomic mass is 35.5. The van der Waals surface area contributed by atoms with Crippen LogP contribution in [0.2, 0.25) is 0 Å². The fourth-order valence-corrected chi connectivity index (χ4v) is 4.84. The molecule has 3 aromatic rings. The number of nitrogens with one attached hydrogen (secondary N) is 3. The van der Waals surface area contributed by atoms with Crippen molar-refractivity contribution in [1.82, 2.24) is 25.1 Å². The Balaban J connectivity index is 1.65. The largest absolute Gasteiger partial charge is 0.492 e. The molecule has 0 saturated carbocycles. The van der Waals surface area contributed by atoms with Gasteiger partial charge in [0.25, 0.3) is 11.8 Å². The van der Waals surface area contributed by atoms with E-state index in [1.165, 1.54) is 0 Å². The van der Waals surface area contributed by atoms with Gasteiger partial charge in [-0.05, 0) is 50.5 Å². The molecule has 1 atom stereocenters. The average molecular weight is 525 g/mol. The number of hydrogen-bond acceptors (Lipinski definition) is 5. The number of ether oxygens (including phenoxy) is 1. The summed E-state index contributed by atoms with van der Waals surface area (Å²) in [5.74, 6) is 1.32. The first kappa shape index (κ1) is 26.5. The van der Waals surface area contributed by atoms with Crippen LogP contribution in [0.4, 0.5) is 0 Å². The molecule has 3 N–H and O–H groups in total. The van der Waals surface area contributed by atoms with E-state index in [0.29, 0.717) is 61.8 Å². The molecule has 0 saturated heterocycles. The van der Waals surface area contributed by atoms with E-state index < -0.39 is 6.04 Å². The second-order valence-electron chi connectivity index (χ2n) is 8.95. The number of rotatable bonds is 11. The molecule has 0 bridgehead atoms. The fraction of sp³-hybridized carbons (Fsp3) is 0.407. The van der Waals surface area contributed by atoms with Crippen LogP contribution in [0.15, 0.2) is 36.4 Å². The second kappa shape index (κ2) is 11.6. The first-order valence-electron chi connectivity index (χ1n) is 12.6. The molecule has 0 radical (unpaired) electrons. The van der Waals surface area contributed by atoms with Gasteiger partial charge in [0.1, 0.15) is 22.9 Å². The summed E-state index contributed by atoms with van der Waals surface area (Å²) in [6.07, 6.45) is 1.24. The molecular weight excluding hydrogens is 492 g/mol. The van der Waals surface area contributed by atoms with Crippen LogP contribution < -0.4 is 15.4 Å². The number of carbonyl (C=O) groups is 2. The maximum absolute atomic E-state index is 13.6. The summed E-state index contributed by atoms with van der Waals surface area (Å²) in [5, 5.41) is 13.9. The van der Waals surface area contributed by atoms with Gasteiger partial charge in [-0.15, -0.1) is 11.6 Å². The monoisotopic (exact) mass is 524 g/mol. The SMILES string of the molecule is CCOc1cccc2c1nc([C@H](CCCNC(=N)CCl)NC(=O)c1cccc3c1C(=O)N(CC)C3)n2C. The number of aromatic nitrogens is 2. The van der Waals surface area contributed by atoms with Crippen LogP contribution in [-0.4, -0.2) is 57.7 Å². The number of amidine groups is 1. The lowest BCUT2D eigenvalue weighted by Gasteiger charge is -2.20. The van der Waals surface area contributed by atoms with E-state index in [0.717, 1.165) is 16.6 Å². The highest BCUT2D eigenvalue weighted by molar-refractivity contribution is 6.27. The number of para-hydroxylation sites is 1. The summed E-state index contributed by atoms with van der Waals surface area (Å²) >= 11 is 5.71. The van der Waals surface area contributed by atoms with E-state index in [-0.39, 0.29) is 23.5 Å². The van der Waals surface area contributed by atoms with Gasteiger partial charge < -0.3 is 24.8 Å². The predicted octanol–water partition coefficient (Wildman–Crippen LogP) is 4.00. The number of alkyl halides is 1. The van der Waals surface area contributed by atoms with Crippen LogP contribution in [0.5, 0.6) is 5.75 Å². The van der Waals surface area contributed by atoms with Crippen molar-refractivity contribution in [3.05, 3.63) is 58.9 Å². The maximum Gasteiger partial charge on any atom is 0.255 e. The summed E-state index contributed by atoms with van der Waals surface area (Å²) in [6, 6.07) is 10.8. The van der Waals surface area contributed by atoms with Gasteiger partial charge in [0.05, 0.1) is 35.2 Å². The van der Waals surface area contributed by atoms with Crippen molar-refractivity contribution in [2.75, 3.05) is 25.6 Å². The molecule has 0 spiro atoms. The molecule has 10 heteroatoms. The van der Waals surface area contributed by atoms with E-state index in [1.54, 1.807) is 11.0 Å². The quantitative estimate of drug-likeness (QED) is 0.152. The van der Waals surface area contributed by atoms with Crippen LogP contribution >= 0.6 is 11.6 Å². The van der Waals surface area contributed by atoms with Crippen molar-refractivity contribution in [2.24, 2.45) is 7.05 Å². The number of nitrogens with zero attached hydrogens (tertiary/aromatic N) is 3. The Hall–Kier alpha value is -3.59. The smallest absolute Gasteiger partial charge is 0.255 e. The minimum Gasteiger partial charge on any atom is -0.492 e. The first-order chi connectivity index (χ1) is 17.9. The molecule has 0 fully saturated rings. The predicted molar refractivity (Wildman–Crippen MR) is 145 cm³/mol. The van der Waals surface area contributed by atoms with Crippen molar-refractivity contribution in [3.63, 3.8) is 0 Å². The molecule has 2 aromatic carbocycles. The zero-order chi connectivity index (χ0) is 26.5. The van der Waals surface area contributed by atoms with Gasteiger partial charge in [-0.1, -0.05) is 18.2 Å². The number of aryl methyl sites for hydroxylation is 1. The minimum absolute atomic E-state index is 0.118. The van der Waals surface area contributed by atoms with Gasteiger partial charge in [-0.3, -0.25) is 15.0 Å². The molecule has 0 aliphatic carbocycles. The van der Waals surface area contributed by atoms with Crippen molar-refractivity contribution in [2.45, 2.75) is 39.3 Å². The van der Waals surface area contributed by atoms with Crippen LogP contribution in [0, 0.1) is 5.41 Å². The topological polar surface area (TPSA) is 112 Å². The van der Waals surface area contributed by atoms with Gasteiger partial charge in [-0.2, -0.15) is 0 Å². The Kier molecular flexibility index (Phi) is 8.33. The molecule has 4 rings (SSSR count). The van der Waals surface area contributed by atoms with E-state index in [4.69, 9.17) is 26.7 Å². The third-order valence-electron chi connectivity index (χ3n) is 6.61. The van der Waals surface area contributed by atoms with Crippen molar-refractivity contribution < 1.29 is 14.3 Å². The lowest BCUT2D eigenvalue weighted by Crippen LogP contribution is -2.33. The second-order valence-corrected chi connectivity index (χ2v) is 9.22. The third-order valence-corrected chi connectivity index (χ3v) is 6.87. The number of fused-ring (bicyclic) bond motifs is 2. The number of hydrogen-bond donors (Lipinski definition) is 3. The normalized spacial score (nSPS) is 13.5. The molecule has 9 nitrogen and oxygen atoms in total. The van der Waals surface area contributed by atoms with Gasteiger partial charge in [0.15, 0.2) is 0 Å². The highest BCUT2D eigenvalue weighted by Crippen LogP contribution is 2.30. The van der Waals surface area contributed by atoms with Gasteiger partial charge in [0, 0.05) is 26.7 Å². The molecule has 0 unspecified atom stereocenters. The Morgan fingerprint density at radius 2 is 2.03 bits per heavy atom. The third kappa shape index (κ3) is 5.41. The standard InChI is InChI=1S/C27H33ClN6O3/c1-4-34-16-17-9-6-10-18(23(17)27(34)36)26(35)31-19(11-8-14-30-22(29)15-28)25-32-24-20(33(25)3)12-7-13-21(24)37-5-2/h6-7,9-10,12-13,19H,4-5,8,11,14-16H2,1-3H3,(H2,29,30)(H,31,35)/t19-/m0/s1. The van der Waals surface area contributed by atoms with Crippen molar-refractivity contribution >= 4 is 40.3 Å². The maximum atomic E-state index is 13.6. The molecule has 37 heavy (non-hydrogen) atoms. The lowest BCUT2D eigenvalue weighted by atomic mass is 10.0. The molecule has 2 heterocycles. The number of carbonyl (C=O) groups excluding carboxylic acids is 2. The molecule has 1 aliphatic heterocycles. The van der Waals surface area contributed by atoms with Crippen molar-refractivity contribution in [3.8, 4) is 5.75 Å². The first-order valence-corrected chi connectivity index (χ1v) is 13.1. The number of benzene rings is 2. The van der Waals surface area contributed by atoms with E-state index >= 15 is 0 Å². The van der Waals surface area contributed by atoms with Gasteiger partial charge >= 0.3 is 0 Å². The molecule has 1 aromatic heterocycles. The number of halogens is 1. The van der Waals surface area contributed by atoms with E-state index in [2.05, 4.69) is 10.6 Å². The van der Waals surface area contributed by atoms with Crippen LogP contribution in [0.1, 0.15) is 64.8 Å². The molecule has 2 amide bonds. The highest BCUT2D eigenvalue weighted by Gasteiger charge is 2.32. The summed E-state index contributed by atoms with van der Waals surface area (Å²) in [6.45, 7) is 6.01. The number of amides is 2. The zero-order valence-corrected chi connectivity index (χ0v) is 22.2. The lowest BCUT2D eigenvalue weighted by molar-refractivity contribution is 0.0780. The Bertz CT molecular complexity index is 1320. The summed E-state index contributed by atoms with van der Waals surface area (Å²) in [4.78, 5) is 33.2. The summed E-state index contributed by atoms with van der Waals surface area (Å²) in [5.41, 5.74) is 3.35. The van der Waals surface area contributed by atoms with Gasteiger partial charge in [0.2, 0.25) is 0 Å². The Morgan fingerprint density at radius 1 is 1.24 bits per heavy atom. The van der Waals surface area contributed by atoms with Gasteiger partial charge in [-0.25, -0.2) is 4.98 Å².